The molecule has 6 aromatic carbocycles. The molecule has 0 saturated carbocycles. The van der Waals surface area contributed by atoms with Crippen LogP contribution >= 0.6 is 0 Å². The van der Waals surface area contributed by atoms with Crippen molar-refractivity contribution in [3.8, 4) is 58.5 Å². The molecule has 62 heavy (non-hydrogen) atoms. The van der Waals surface area contributed by atoms with Crippen molar-refractivity contribution < 1.29 is 38.7 Å². The van der Waals surface area contributed by atoms with E-state index in [0.717, 1.165) is 23.7 Å². The van der Waals surface area contributed by atoms with E-state index in [1.807, 2.05) is 60.7 Å². The molecule has 16 nitrogen and oxygen atoms in total. The third-order valence-electron chi connectivity index (χ3n) is 8.53. The molecule has 8 aromatic rings. The molecule has 0 atom stereocenters. The van der Waals surface area contributed by atoms with Gasteiger partial charge in [-0.2, -0.15) is 19.9 Å². The zero-order chi connectivity index (χ0) is 42.7. The Bertz CT molecular complexity index is 2690. The van der Waals surface area contributed by atoms with Crippen LogP contribution in [0.5, 0.6) is 58.5 Å². The van der Waals surface area contributed by atoms with Gasteiger partial charge in [-0.15, -0.1) is 9.97 Å². The summed E-state index contributed by atoms with van der Waals surface area (Å²) >= 11 is 0. The van der Waals surface area contributed by atoms with Gasteiger partial charge in [-0.25, -0.2) is 0 Å². The van der Waals surface area contributed by atoms with Crippen LogP contribution in [0, 0.1) is 0 Å². The SMILES string of the molecule is O=Cc1ccc(Oc2nc(Nc3ccc(/C=C/c4ccc(Nc5nc(Oc6ccc(O)cc6)nc(Oc6ccc(O)cc6)n5)cc4)cc3)nc(Oc3ccc(C=O)cc3)n2)cc1. The number of phenols is 2. The zero-order valence-electron chi connectivity index (χ0n) is 32.2. The lowest BCUT2D eigenvalue weighted by atomic mass is 10.1. The van der Waals surface area contributed by atoms with Gasteiger partial charge in [0.1, 0.15) is 47.1 Å². The predicted molar refractivity (Wildman–Crippen MR) is 228 cm³/mol. The normalized spacial score (nSPS) is 10.8. The molecule has 0 aliphatic carbocycles. The number of anilines is 4. The minimum absolute atomic E-state index is 0.0497. The summed E-state index contributed by atoms with van der Waals surface area (Å²) in [5.41, 5.74) is 4.19. The molecule has 8 rings (SSSR count). The van der Waals surface area contributed by atoms with Crippen molar-refractivity contribution in [1.82, 2.24) is 29.9 Å². The van der Waals surface area contributed by atoms with Gasteiger partial charge in [-0.1, -0.05) is 36.4 Å². The van der Waals surface area contributed by atoms with Gasteiger partial charge in [-0.05, 0) is 132 Å². The van der Waals surface area contributed by atoms with Crippen molar-refractivity contribution >= 4 is 48.0 Å². The lowest BCUT2D eigenvalue weighted by Crippen LogP contribution is -2.03. The molecule has 2 heterocycles. The van der Waals surface area contributed by atoms with Gasteiger partial charge in [0.15, 0.2) is 0 Å². The minimum atomic E-state index is -0.0521. The number of phenolic OH excluding ortho intramolecular Hbond substituents is 2. The Kier molecular flexibility index (Phi) is 11.9. The van der Waals surface area contributed by atoms with Crippen molar-refractivity contribution in [3.63, 3.8) is 0 Å². The number of hydrogen-bond acceptors (Lipinski definition) is 16. The fourth-order valence-electron chi connectivity index (χ4n) is 5.46. The molecule has 0 radical (unpaired) electrons. The standard InChI is InChI=1S/C46H32N8O8/c55-27-31-7-19-37(20-8-31)59-43-49-41(50-44(53-43)60-38-21-9-32(28-56)10-22-38)47-33-11-3-29(4-12-33)1-2-30-5-13-34(14-6-30)48-42-51-45(61-39-23-15-35(57)16-24-39)54-46(52-42)62-40-25-17-36(58)18-26-40/h1-28,57-58H,(H,47,49,50,53)(H,48,51,52,54)/b2-1+. The number of aldehydes is 2. The monoisotopic (exact) mass is 824 g/mol. The van der Waals surface area contributed by atoms with Crippen LogP contribution in [-0.2, 0) is 0 Å². The number of benzene rings is 6. The highest BCUT2D eigenvalue weighted by atomic mass is 16.5. The second-order valence-electron chi connectivity index (χ2n) is 13.0. The summed E-state index contributed by atoms with van der Waals surface area (Å²) in [6.45, 7) is 0. The number of hydrogen-bond donors (Lipinski definition) is 4. The van der Waals surface area contributed by atoms with Gasteiger partial charge in [-0.3, -0.25) is 9.59 Å². The smallest absolute Gasteiger partial charge is 0.330 e. The van der Waals surface area contributed by atoms with Gasteiger partial charge >= 0.3 is 24.0 Å². The molecule has 0 bridgehead atoms. The minimum Gasteiger partial charge on any atom is -0.508 e. The quantitative estimate of drug-likeness (QED) is 0.0527. The summed E-state index contributed by atoms with van der Waals surface area (Å²) in [6, 6.07) is 40.0. The number of nitrogens with zero attached hydrogens (tertiary/aromatic N) is 6. The van der Waals surface area contributed by atoms with E-state index in [0.29, 0.717) is 45.5 Å². The van der Waals surface area contributed by atoms with Crippen molar-refractivity contribution in [3.05, 3.63) is 168 Å². The Labute approximate surface area is 352 Å². The average Bonchev–Trinajstić information content (AvgIpc) is 3.29. The number of rotatable bonds is 16. The average molecular weight is 825 g/mol. The third-order valence-corrected chi connectivity index (χ3v) is 8.53. The first-order valence-electron chi connectivity index (χ1n) is 18.7. The Morgan fingerprint density at radius 1 is 0.355 bits per heavy atom. The number of ether oxygens (including phenoxy) is 4. The summed E-state index contributed by atoms with van der Waals surface area (Å²) < 4.78 is 23.4. The Morgan fingerprint density at radius 2 is 0.629 bits per heavy atom. The molecule has 0 saturated heterocycles. The number of aromatic hydroxyl groups is 2. The summed E-state index contributed by atoms with van der Waals surface area (Å²) in [5.74, 6) is 2.05. The molecule has 0 aliphatic heterocycles. The molecule has 2 aromatic heterocycles. The number of nitrogens with one attached hydrogen (secondary N) is 2. The highest BCUT2D eigenvalue weighted by Gasteiger charge is 2.14. The van der Waals surface area contributed by atoms with E-state index in [1.54, 1.807) is 72.8 Å². The summed E-state index contributed by atoms with van der Waals surface area (Å²) in [7, 11) is 0. The molecule has 0 unspecified atom stereocenters. The van der Waals surface area contributed by atoms with Crippen molar-refractivity contribution in [2.45, 2.75) is 0 Å². The Hall–Kier alpha value is -9.18. The molecule has 0 spiro atoms. The van der Waals surface area contributed by atoms with Crippen molar-refractivity contribution in [2.24, 2.45) is 0 Å². The van der Waals surface area contributed by atoms with E-state index in [-0.39, 0.29) is 47.4 Å². The molecular weight excluding hydrogens is 793 g/mol. The number of aromatic nitrogens is 6. The molecule has 16 heteroatoms. The molecule has 4 N–H and O–H groups in total. The van der Waals surface area contributed by atoms with Crippen LogP contribution in [0.15, 0.2) is 146 Å². The Morgan fingerprint density at radius 3 is 0.919 bits per heavy atom. The molecule has 0 fully saturated rings. The van der Waals surface area contributed by atoms with Gasteiger partial charge in [0.2, 0.25) is 11.9 Å². The van der Waals surface area contributed by atoms with E-state index in [1.165, 1.54) is 24.3 Å². The van der Waals surface area contributed by atoms with E-state index in [9.17, 15) is 19.8 Å². The van der Waals surface area contributed by atoms with Gasteiger partial charge < -0.3 is 39.8 Å². The van der Waals surface area contributed by atoms with Crippen molar-refractivity contribution in [1.29, 1.82) is 0 Å². The lowest BCUT2D eigenvalue weighted by molar-refractivity contribution is 0.111. The number of carbonyl (C=O) groups is 2. The maximum atomic E-state index is 11.1. The van der Waals surface area contributed by atoms with Gasteiger partial charge in [0.05, 0.1) is 0 Å². The third kappa shape index (κ3) is 10.9. The second-order valence-corrected chi connectivity index (χ2v) is 13.0. The van der Waals surface area contributed by atoms with Crippen LogP contribution in [0.1, 0.15) is 31.8 Å². The lowest BCUT2D eigenvalue weighted by Gasteiger charge is -2.11. The van der Waals surface area contributed by atoms with Crippen LogP contribution in [0.4, 0.5) is 23.3 Å². The molecular formula is C46H32N8O8. The highest BCUT2D eigenvalue weighted by molar-refractivity contribution is 5.75. The summed E-state index contributed by atoms with van der Waals surface area (Å²) in [4.78, 5) is 48.3. The summed E-state index contributed by atoms with van der Waals surface area (Å²) in [5, 5.41) is 25.6. The molecule has 0 amide bonds. The molecule has 304 valence electrons. The second kappa shape index (κ2) is 18.6. The topological polar surface area (TPSA) is 213 Å². The van der Waals surface area contributed by atoms with Crippen LogP contribution in [0.2, 0.25) is 0 Å². The fraction of sp³-hybridized carbons (Fsp3) is 0. The highest BCUT2D eigenvalue weighted by Crippen LogP contribution is 2.29. The molecule has 0 aliphatic rings. The largest absolute Gasteiger partial charge is 0.508 e. The first-order valence-corrected chi connectivity index (χ1v) is 18.7. The van der Waals surface area contributed by atoms with Crippen LogP contribution < -0.4 is 29.6 Å². The van der Waals surface area contributed by atoms with Gasteiger partial charge in [0, 0.05) is 22.5 Å². The Balaban J connectivity index is 0.936. The van der Waals surface area contributed by atoms with Crippen LogP contribution in [0.3, 0.4) is 0 Å². The first kappa shape index (κ1) is 39.6. The van der Waals surface area contributed by atoms with Crippen molar-refractivity contribution in [2.75, 3.05) is 10.6 Å². The summed E-state index contributed by atoms with van der Waals surface area (Å²) in [6.07, 6.45) is 5.39. The van der Waals surface area contributed by atoms with E-state index in [2.05, 4.69) is 40.5 Å². The predicted octanol–water partition coefficient (Wildman–Crippen LogP) is 9.92. The number of carbonyl (C=O) groups excluding carboxylic acids is 2. The van der Waals surface area contributed by atoms with E-state index < -0.39 is 0 Å². The van der Waals surface area contributed by atoms with Gasteiger partial charge in [0.25, 0.3) is 0 Å². The maximum Gasteiger partial charge on any atom is 0.330 e. The van der Waals surface area contributed by atoms with Crippen LogP contribution in [0.25, 0.3) is 12.2 Å². The van der Waals surface area contributed by atoms with Crippen LogP contribution in [-0.4, -0.2) is 52.7 Å². The maximum absolute atomic E-state index is 11.1. The first-order chi connectivity index (χ1) is 30.3. The van der Waals surface area contributed by atoms with E-state index >= 15 is 0 Å². The zero-order valence-corrected chi connectivity index (χ0v) is 32.2. The fourth-order valence-corrected chi connectivity index (χ4v) is 5.46. The van der Waals surface area contributed by atoms with E-state index in [4.69, 9.17) is 18.9 Å².